The molecule has 0 saturated carbocycles. The minimum absolute atomic E-state index is 0.00997. The quantitative estimate of drug-likeness (QED) is 0.587. The molecule has 0 aromatic heterocycles. The first-order valence-electron chi connectivity index (χ1n) is 3.75. The number of rotatable bonds is 5. The van der Waals surface area contributed by atoms with Crippen LogP contribution in [-0.4, -0.2) is 41.4 Å². The van der Waals surface area contributed by atoms with Gasteiger partial charge >= 0.3 is 0 Å². The van der Waals surface area contributed by atoms with Crippen molar-refractivity contribution in [1.29, 1.82) is 0 Å². The van der Waals surface area contributed by atoms with E-state index in [1.165, 1.54) is 0 Å². The Balaban J connectivity index is 3.76. The smallest absolute Gasteiger partial charge is 0.232 e. The fraction of sp³-hybridized carbons (Fsp3) is 0.857. The van der Waals surface area contributed by atoms with Gasteiger partial charge in [-0.25, -0.2) is 0 Å². The Hall–Kier alpha value is -0.220. The number of carbonyl (C=O) groups is 1. The molecule has 0 aliphatic rings. The molecule has 3 nitrogen and oxygen atoms in total. The van der Waals surface area contributed by atoms with Crippen molar-refractivity contribution < 1.29 is 9.90 Å². The van der Waals surface area contributed by atoms with Crippen LogP contribution in [0.25, 0.3) is 0 Å². The van der Waals surface area contributed by atoms with E-state index in [1.807, 2.05) is 6.92 Å². The third-order valence-corrected chi connectivity index (χ3v) is 1.62. The zero-order valence-corrected chi connectivity index (χ0v) is 7.68. The van der Waals surface area contributed by atoms with E-state index in [0.717, 1.165) is 6.42 Å². The van der Waals surface area contributed by atoms with Crippen LogP contribution in [0.5, 0.6) is 0 Å². The molecule has 66 valence electrons. The van der Waals surface area contributed by atoms with Gasteiger partial charge in [0.2, 0.25) is 5.91 Å². The van der Waals surface area contributed by atoms with Gasteiger partial charge in [0.1, 0.15) is 0 Å². The lowest BCUT2D eigenvalue weighted by atomic mass is 10.4. The Morgan fingerprint density at radius 1 is 1.55 bits per heavy atom. The second kappa shape index (κ2) is 6.49. The first-order chi connectivity index (χ1) is 5.26. The van der Waals surface area contributed by atoms with Crippen LogP contribution < -0.4 is 0 Å². The summed E-state index contributed by atoms with van der Waals surface area (Å²) in [5.74, 6) is 0.212. The Kier molecular flexibility index (Phi) is 6.36. The van der Waals surface area contributed by atoms with Crippen LogP contribution in [0, 0.1) is 0 Å². The van der Waals surface area contributed by atoms with Crippen molar-refractivity contribution in [2.75, 3.05) is 25.4 Å². The van der Waals surface area contributed by atoms with Crippen LogP contribution in [0.3, 0.4) is 0 Å². The van der Waals surface area contributed by atoms with Gasteiger partial charge in [-0.15, -0.1) is 0 Å². The molecule has 0 rings (SSSR count). The summed E-state index contributed by atoms with van der Waals surface area (Å²) in [5, 5.41) is 8.59. The first-order valence-corrected chi connectivity index (χ1v) is 4.39. The molecule has 0 saturated heterocycles. The second-order valence-electron chi connectivity index (χ2n) is 2.26. The van der Waals surface area contributed by atoms with Gasteiger partial charge in [0, 0.05) is 13.1 Å². The maximum Gasteiger partial charge on any atom is 0.232 e. The summed E-state index contributed by atoms with van der Waals surface area (Å²) in [6, 6.07) is 0. The van der Waals surface area contributed by atoms with E-state index in [2.05, 4.69) is 12.6 Å². The fourth-order valence-corrected chi connectivity index (χ4v) is 1.05. The highest BCUT2D eigenvalue weighted by molar-refractivity contribution is 7.81. The highest BCUT2D eigenvalue weighted by atomic mass is 32.1. The molecule has 0 radical (unpaired) electrons. The summed E-state index contributed by atoms with van der Waals surface area (Å²) in [4.78, 5) is 12.6. The molecule has 1 N–H and O–H groups in total. The molecule has 1 amide bonds. The van der Waals surface area contributed by atoms with Gasteiger partial charge in [0.15, 0.2) is 0 Å². The zero-order chi connectivity index (χ0) is 8.69. The Labute approximate surface area is 72.8 Å². The average Bonchev–Trinajstić information content (AvgIpc) is 2.03. The molecule has 0 aromatic rings. The minimum Gasteiger partial charge on any atom is -0.395 e. The molecule has 0 aliphatic heterocycles. The van der Waals surface area contributed by atoms with Crippen molar-refractivity contribution in [2.24, 2.45) is 0 Å². The molecular formula is C7H15NO2S. The van der Waals surface area contributed by atoms with Crippen molar-refractivity contribution in [2.45, 2.75) is 13.3 Å². The van der Waals surface area contributed by atoms with Gasteiger partial charge in [-0.1, -0.05) is 6.92 Å². The van der Waals surface area contributed by atoms with Gasteiger partial charge in [-0.05, 0) is 6.42 Å². The monoisotopic (exact) mass is 177 g/mol. The average molecular weight is 177 g/mol. The normalized spacial score (nSPS) is 9.73. The SMILES string of the molecule is CCCN(CCO)C(=O)CS. The number of hydrogen-bond donors (Lipinski definition) is 2. The number of aliphatic hydroxyl groups excluding tert-OH is 1. The van der Waals surface area contributed by atoms with Gasteiger partial charge in [-0.2, -0.15) is 12.6 Å². The molecule has 0 heterocycles. The maximum atomic E-state index is 11.0. The molecule has 0 aromatic carbocycles. The topological polar surface area (TPSA) is 40.5 Å². The van der Waals surface area contributed by atoms with Crippen LogP contribution in [0.4, 0.5) is 0 Å². The highest BCUT2D eigenvalue weighted by Crippen LogP contribution is 1.93. The molecule has 0 fully saturated rings. The summed E-state index contributed by atoms with van der Waals surface area (Å²) in [6.45, 7) is 3.16. The second-order valence-corrected chi connectivity index (χ2v) is 2.58. The summed E-state index contributed by atoms with van der Waals surface area (Å²) >= 11 is 3.87. The Morgan fingerprint density at radius 2 is 2.18 bits per heavy atom. The largest absolute Gasteiger partial charge is 0.395 e. The van der Waals surface area contributed by atoms with Gasteiger partial charge < -0.3 is 10.0 Å². The lowest BCUT2D eigenvalue weighted by molar-refractivity contribution is -0.128. The number of carbonyl (C=O) groups excluding carboxylic acids is 1. The standard InChI is InChI=1S/C7H15NO2S/c1-2-3-8(4-5-9)7(10)6-11/h9,11H,2-6H2,1H3. The summed E-state index contributed by atoms with van der Waals surface area (Å²) in [6.07, 6.45) is 0.916. The number of hydrogen-bond acceptors (Lipinski definition) is 3. The molecule has 0 atom stereocenters. The van der Waals surface area contributed by atoms with Crippen LogP contribution in [0.2, 0.25) is 0 Å². The van der Waals surface area contributed by atoms with Gasteiger partial charge in [0.05, 0.1) is 12.4 Å². The molecule has 4 heteroatoms. The van der Waals surface area contributed by atoms with E-state index in [1.54, 1.807) is 4.90 Å². The minimum atomic E-state index is -0.00997. The van der Waals surface area contributed by atoms with Crippen molar-refractivity contribution in [1.82, 2.24) is 4.90 Å². The van der Waals surface area contributed by atoms with Crippen LogP contribution >= 0.6 is 12.6 Å². The number of thiol groups is 1. The molecule has 0 unspecified atom stereocenters. The highest BCUT2D eigenvalue weighted by Gasteiger charge is 2.08. The fourth-order valence-electron chi connectivity index (χ4n) is 0.852. The molecule has 0 aliphatic carbocycles. The summed E-state index contributed by atoms with van der Waals surface area (Å²) < 4.78 is 0. The Morgan fingerprint density at radius 3 is 2.55 bits per heavy atom. The molecule has 0 spiro atoms. The predicted molar refractivity (Wildman–Crippen MR) is 47.8 cm³/mol. The van der Waals surface area contributed by atoms with Crippen LogP contribution in [0.15, 0.2) is 0 Å². The Bertz CT molecular complexity index is 113. The number of aliphatic hydroxyl groups is 1. The predicted octanol–water partition coefficient (Wildman–Crippen LogP) is 0.147. The lowest BCUT2D eigenvalue weighted by Gasteiger charge is -2.19. The third-order valence-electron chi connectivity index (χ3n) is 1.35. The van der Waals surface area contributed by atoms with Crippen LogP contribution in [0.1, 0.15) is 13.3 Å². The van der Waals surface area contributed by atoms with E-state index < -0.39 is 0 Å². The molecular weight excluding hydrogens is 162 g/mol. The number of nitrogens with zero attached hydrogens (tertiary/aromatic N) is 1. The van der Waals surface area contributed by atoms with E-state index >= 15 is 0 Å². The molecule has 11 heavy (non-hydrogen) atoms. The van der Waals surface area contributed by atoms with E-state index in [4.69, 9.17) is 5.11 Å². The maximum absolute atomic E-state index is 11.0. The summed E-state index contributed by atoms with van der Waals surface area (Å²) in [7, 11) is 0. The van der Waals surface area contributed by atoms with Crippen molar-refractivity contribution in [3.8, 4) is 0 Å². The van der Waals surface area contributed by atoms with E-state index in [0.29, 0.717) is 13.1 Å². The summed E-state index contributed by atoms with van der Waals surface area (Å²) in [5.41, 5.74) is 0. The van der Waals surface area contributed by atoms with Crippen molar-refractivity contribution >= 4 is 18.5 Å². The third kappa shape index (κ3) is 4.27. The molecule has 0 bridgehead atoms. The zero-order valence-electron chi connectivity index (χ0n) is 6.79. The lowest BCUT2D eigenvalue weighted by Crippen LogP contribution is -2.35. The van der Waals surface area contributed by atoms with Crippen molar-refractivity contribution in [3.63, 3.8) is 0 Å². The first kappa shape index (κ1) is 10.8. The van der Waals surface area contributed by atoms with E-state index in [-0.39, 0.29) is 18.3 Å². The number of amides is 1. The van der Waals surface area contributed by atoms with Gasteiger partial charge in [-0.3, -0.25) is 4.79 Å². The van der Waals surface area contributed by atoms with E-state index in [9.17, 15) is 4.79 Å². The van der Waals surface area contributed by atoms with Crippen molar-refractivity contribution in [3.05, 3.63) is 0 Å². The van der Waals surface area contributed by atoms with Crippen LogP contribution in [-0.2, 0) is 4.79 Å². The van der Waals surface area contributed by atoms with Gasteiger partial charge in [0.25, 0.3) is 0 Å².